The molecule has 2 saturated heterocycles. The predicted octanol–water partition coefficient (Wildman–Crippen LogP) is 0.364. The molecular weight excluding hydrogens is 308 g/mol. The van der Waals surface area contributed by atoms with Crippen LogP contribution in [0.4, 0.5) is 5.82 Å². The van der Waals surface area contributed by atoms with E-state index in [-0.39, 0.29) is 11.8 Å². The van der Waals surface area contributed by atoms with E-state index < -0.39 is 0 Å². The molecule has 0 N–H and O–H groups in total. The topological polar surface area (TPSA) is 75.9 Å². The van der Waals surface area contributed by atoms with Gasteiger partial charge in [0, 0.05) is 26.2 Å². The highest BCUT2D eigenvalue weighted by molar-refractivity contribution is 5.80. The summed E-state index contributed by atoms with van der Waals surface area (Å²) >= 11 is 0. The lowest BCUT2D eigenvalue weighted by atomic mass is 9.96. The second kappa shape index (κ2) is 6.01. The van der Waals surface area contributed by atoms with Crippen LogP contribution in [0.3, 0.4) is 0 Å². The molecule has 8 heteroatoms. The summed E-state index contributed by atoms with van der Waals surface area (Å²) in [6, 6.07) is 3.88. The van der Waals surface area contributed by atoms with Crippen molar-refractivity contribution in [1.29, 1.82) is 0 Å². The summed E-state index contributed by atoms with van der Waals surface area (Å²) in [7, 11) is 0. The molecule has 1 amide bonds. The zero-order valence-electron chi connectivity index (χ0n) is 14.1. The Morgan fingerprint density at radius 2 is 2.00 bits per heavy atom. The molecule has 0 spiro atoms. The first-order valence-corrected chi connectivity index (χ1v) is 8.44. The number of rotatable bonds is 2. The second-order valence-electron chi connectivity index (χ2n) is 6.62. The van der Waals surface area contributed by atoms with E-state index >= 15 is 0 Å². The van der Waals surface area contributed by atoms with Crippen LogP contribution in [0.1, 0.15) is 12.7 Å². The van der Waals surface area contributed by atoms with Crippen molar-refractivity contribution in [1.82, 2.24) is 24.7 Å². The van der Waals surface area contributed by atoms with E-state index in [4.69, 9.17) is 4.74 Å². The zero-order valence-corrected chi connectivity index (χ0v) is 14.1. The highest BCUT2D eigenvalue weighted by Crippen LogP contribution is 2.28. The molecule has 8 nitrogen and oxygen atoms in total. The molecule has 2 aromatic heterocycles. The van der Waals surface area contributed by atoms with Gasteiger partial charge in [0.2, 0.25) is 5.91 Å². The van der Waals surface area contributed by atoms with Gasteiger partial charge < -0.3 is 14.5 Å². The molecule has 4 rings (SSSR count). The minimum atomic E-state index is 0.0121. The van der Waals surface area contributed by atoms with E-state index in [9.17, 15) is 4.79 Å². The maximum Gasteiger partial charge on any atom is 0.227 e. The normalized spacial score (nSPS) is 24.8. The summed E-state index contributed by atoms with van der Waals surface area (Å²) in [6.07, 6.45) is 0. The van der Waals surface area contributed by atoms with Gasteiger partial charge in [-0.1, -0.05) is 6.92 Å². The summed E-state index contributed by atoms with van der Waals surface area (Å²) in [5, 5.41) is 8.81. The van der Waals surface area contributed by atoms with Crippen LogP contribution in [0, 0.1) is 18.8 Å². The Morgan fingerprint density at radius 3 is 2.79 bits per heavy atom. The van der Waals surface area contributed by atoms with Gasteiger partial charge >= 0.3 is 0 Å². The van der Waals surface area contributed by atoms with Crippen molar-refractivity contribution in [3.63, 3.8) is 0 Å². The number of carbonyl (C=O) groups is 1. The Kier molecular flexibility index (Phi) is 3.84. The Labute approximate surface area is 140 Å². The van der Waals surface area contributed by atoms with E-state index in [1.165, 1.54) is 0 Å². The Hall–Kier alpha value is -2.22. The highest BCUT2D eigenvalue weighted by atomic mass is 16.5. The minimum absolute atomic E-state index is 0.0121. The molecule has 2 aliphatic heterocycles. The van der Waals surface area contributed by atoms with Crippen LogP contribution < -0.4 is 4.90 Å². The number of fused-ring (bicyclic) bond motifs is 1. The number of hydrogen-bond acceptors (Lipinski definition) is 6. The highest BCUT2D eigenvalue weighted by Gasteiger charge is 2.38. The molecule has 2 aliphatic rings. The summed E-state index contributed by atoms with van der Waals surface area (Å²) in [6.45, 7) is 8.19. The number of carbonyl (C=O) groups excluding carboxylic acids is 1. The first-order chi connectivity index (χ1) is 11.6. The number of anilines is 1. The first kappa shape index (κ1) is 15.3. The van der Waals surface area contributed by atoms with Crippen LogP contribution in [-0.2, 0) is 9.53 Å². The number of aromatic nitrogens is 4. The van der Waals surface area contributed by atoms with E-state index in [0.29, 0.717) is 44.6 Å². The van der Waals surface area contributed by atoms with Gasteiger partial charge in [0.15, 0.2) is 11.5 Å². The molecule has 2 atom stereocenters. The maximum atomic E-state index is 12.8. The van der Waals surface area contributed by atoms with Crippen LogP contribution in [0.2, 0.25) is 0 Å². The minimum Gasteiger partial charge on any atom is -0.378 e. The molecule has 0 aliphatic carbocycles. The van der Waals surface area contributed by atoms with Gasteiger partial charge in [-0.15, -0.1) is 14.8 Å². The SMILES string of the molecule is Cc1nc2ccc(N3C[C@@H](C)[C@H](C(=O)N4CCOCC4)C3)nn2n1. The Bertz CT molecular complexity index is 754. The quantitative estimate of drug-likeness (QED) is 0.792. The fourth-order valence-corrected chi connectivity index (χ4v) is 3.54. The predicted molar refractivity (Wildman–Crippen MR) is 87.8 cm³/mol. The number of morpholine rings is 1. The third-order valence-corrected chi connectivity index (χ3v) is 4.88. The van der Waals surface area contributed by atoms with E-state index in [0.717, 1.165) is 18.0 Å². The molecule has 0 unspecified atom stereocenters. The first-order valence-electron chi connectivity index (χ1n) is 8.44. The third-order valence-electron chi connectivity index (χ3n) is 4.88. The van der Waals surface area contributed by atoms with Crippen molar-refractivity contribution in [2.45, 2.75) is 13.8 Å². The summed E-state index contributed by atoms with van der Waals surface area (Å²) in [5.74, 6) is 2.10. The average molecular weight is 330 g/mol. The average Bonchev–Trinajstić information content (AvgIpc) is 3.16. The van der Waals surface area contributed by atoms with Gasteiger partial charge in [0.25, 0.3) is 0 Å². The molecule has 0 saturated carbocycles. The van der Waals surface area contributed by atoms with E-state index in [2.05, 4.69) is 27.0 Å². The van der Waals surface area contributed by atoms with E-state index in [1.54, 1.807) is 4.63 Å². The van der Waals surface area contributed by atoms with Crippen LogP contribution in [-0.4, -0.2) is 70.0 Å². The Morgan fingerprint density at radius 1 is 1.21 bits per heavy atom. The summed E-state index contributed by atoms with van der Waals surface area (Å²) in [5.41, 5.74) is 0.740. The van der Waals surface area contributed by atoms with Crippen LogP contribution in [0.5, 0.6) is 0 Å². The largest absolute Gasteiger partial charge is 0.378 e. The van der Waals surface area contributed by atoms with Gasteiger partial charge in [-0.3, -0.25) is 4.79 Å². The smallest absolute Gasteiger partial charge is 0.227 e. The fraction of sp³-hybridized carbons (Fsp3) is 0.625. The number of aryl methyl sites for hydroxylation is 1. The van der Waals surface area contributed by atoms with Crippen molar-refractivity contribution < 1.29 is 9.53 Å². The van der Waals surface area contributed by atoms with Crippen LogP contribution in [0.25, 0.3) is 5.65 Å². The van der Waals surface area contributed by atoms with Crippen molar-refractivity contribution in [2.75, 3.05) is 44.3 Å². The second-order valence-corrected chi connectivity index (χ2v) is 6.62. The number of nitrogens with zero attached hydrogens (tertiary/aromatic N) is 6. The Balaban J connectivity index is 1.51. The van der Waals surface area contributed by atoms with Crippen LogP contribution >= 0.6 is 0 Å². The molecule has 0 aromatic carbocycles. The summed E-state index contributed by atoms with van der Waals surface area (Å²) < 4.78 is 6.90. The summed E-state index contributed by atoms with van der Waals surface area (Å²) in [4.78, 5) is 21.2. The number of ether oxygens (including phenoxy) is 1. The van der Waals surface area contributed by atoms with Crippen molar-refractivity contribution in [2.24, 2.45) is 11.8 Å². The van der Waals surface area contributed by atoms with E-state index in [1.807, 2.05) is 24.0 Å². The molecule has 2 fully saturated rings. The van der Waals surface area contributed by atoms with Gasteiger partial charge in [-0.05, 0) is 25.0 Å². The lowest BCUT2D eigenvalue weighted by molar-refractivity contribution is -0.140. The lowest BCUT2D eigenvalue weighted by Crippen LogP contribution is -2.45. The molecule has 128 valence electrons. The molecule has 0 radical (unpaired) electrons. The van der Waals surface area contributed by atoms with Gasteiger partial charge in [0.05, 0.1) is 19.1 Å². The molecular formula is C16H22N6O2. The molecule has 2 aromatic rings. The number of hydrogen-bond donors (Lipinski definition) is 0. The zero-order chi connectivity index (χ0) is 16.7. The van der Waals surface area contributed by atoms with Gasteiger partial charge in [0.1, 0.15) is 5.82 Å². The molecule has 24 heavy (non-hydrogen) atoms. The third kappa shape index (κ3) is 2.71. The monoisotopic (exact) mass is 330 g/mol. The maximum absolute atomic E-state index is 12.8. The van der Waals surface area contributed by atoms with Crippen molar-refractivity contribution in [3.05, 3.63) is 18.0 Å². The number of amides is 1. The lowest BCUT2D eigenvalue weighted by Gasteiger charge is -2.30. The molecule has 0 bridgehead atoms. The van der Waals surface area contributed by atoms with Gasteiger partial charge in [-0.2, -0.15) is 0 Å². The standard InChI is InChI=1S/C16H22N6O2/c1-11-9-21(10-13(11)16(23)20-5-7-24-8-6-20)15-4-3-14-17-12(2)18-22(14)19-15/h3-4,11,13H,5-10H2,1-2H3/t11-,13-/m1/s1. The fourth-order valence-electron chi connectivity index (χ4n) is 3.54. The van der Waals surface area contributed by atoms with Crippen molar-refractivity contribution >= 4 is 17.4 Å². The molecule has 4 heterocycles. The van der Waals surface area contributed by atoms with Crippen LogP contribution in [0.15, 0.2) is 12.1 Å². The van der Waals surface area contributed by atoms with Gasteiger partial charge in [-0.25, -0.2) is 4.98 Å². The van der Waals surface area contributed by atoms with Crippen molar-refractivity contribution in [3.8, 4) is 0 Å².